The highest BCUT2D eigenvalue weighted by Crippen LogP contribution is 2.24. The molecule has 1 aliphatic rings. The molecule has 1 saturated heterocycles. The van der Waals surface area contributed by atoms with Crippen LogP contribution in [0, 0.1) is 11.8 Å². The Morgan fingerprint density at radius 3 is 2.54 bits per heavy atom. The third-order valence-electron chi connectivity index (χ3n) is 5.43. The lowest BCUT2D eigenvalue weighted by Crippen LogP contribution is -2.47. The van der Waals surface area contributed by atoms with Crippen LogP contribution in [0.3, 0.4) is 0 Å². The Balaban J connectivity index is 1.87. The second-order valence-electron chi connectivity index (χ2n) is 8.44. The summed E-state index contributed by atoms with van der Waals surface area (Å²) in [5.74, 6) is -4.55. The molecule has 1 aliphatic heterocycles. The van der Waals surface area contributed by atoms with E-state index in [1.807, 2.05) is 18.2 Å². The van der Waals surface area contributed by atoms with Crippen LogP contribution >= 0.6 is 0 Å². The molecule has 1 amide bonds. The van der Waals surface area contributed by atoms with Crippen LogP contribution in [0.15, 0.2) is 47.7 Å². The number of carbonyl (C=O) groups excluding carboxylic acids is 4. The van der Waals surface area contributed by atoms with Crippen molar-refractivity contribution in [1.29, 1.82) is 0 Å². The van der Waals surface area contributed by atoms with Crippen molar-refractivity contribution in [1.82, 2.24) is 15.3 Å². The summed E-state index contributed by atoms with van der Waals surface area (Å²) in [6.07, 6.45) is 0.158. The Bertz CT molecular complexity index is 1130. The van der Waals surface area contributed by atoms with Crippen molar-refractivity contribution in [3.05, 3.63) is 64.3 Å². The molecule has 0 aliphatic carbocycles. The number of nitrogens with one attached hydrogen (secondary N) is 2. The lowest BCUT2D eigenvalue weighted by molar-refractivity contribution is -0.176. The average Bonchev–Trinajstić information content (AvgIpc) is 2.86. The van der Waals surface area contributed by atoms with Crippen molar-refractivity contribution in [2.45, 2.75) is 45.4 Å². The third-order valence-corrected chi connectivity index (χ3v) is 5.43. The SMILES string of the molecule is CC(C)C(=O)OC1[C@H](C)OC(=O)C(NC(=O)c2cnc[nH]c2=O)COC(=O)[C@@H]1Cc1ccccc1. The maximum absolute atomic E-state index is 13.1. The van der Waals surface area contributed by atoms with Gasteiger partial charge in [-0.2, -0.15) is 0 Å². The van der Waals surface area contributed by atoms with E-state index in [4.69, 9.17) is 14.2 Å². The first-order valence-corrected chi connectivity index (χ1v) is 11.1. The minimum Gasteiger partial charge on any atom is -0.463 e. The van der Waals surface area contributed by atoms with Crippen molar-refractivity contribution < 1.29 is 33.4 Å². The molecule has 1 aromatic carbocycles. The first-order valence-electron chi connectivity index (χ1n) is 11.1. The van der Waals surface area contributed by atoms with Gasteiger partial charge < -0.3 is 24.5 Å². The van der Waals surface area contributed by atoms with Gasteiger partial charge in [0.05, 0.1) is 12.2 Å². The van der Waals surface area contributed by atoms with E-state index < -0.39 is 66.1 Å². The van der Waals surface area contributed by atoms with Gasteiger partial charge in [0.1, 0.15) is 24.2 Å². The second kappa shape index (κ2) is 11.4. The molecule has 11 nitrogen and oxygen atoms in total. The van der Waals surface area contributed by atoms with Crippen LogP contribution in [0.5, 0.6) is 0 Å². The maximum atomic E-state index is 13.1. The summed E-state index contributed by atoms with van der Waals surface area (Å²) in [5, 5.41) is 2.34. The lowest BCUT2D eigenvalue weighted by atomic mass is 9.91. The van der Waals surface area contributed by atoms with E-state index in [0.29, 0.717) is 0 Å². The summed E-state index contributed by atoms with van der Waals surface area (Å²) < 4.78 is 16.5. The summed E-state index contributed by atoms with van der Waals surface area (Å²) in [5.41, 5.74) is -0.244. The number of H-pyrrole nitrogens is 1. The molecule has 2 N–H and O–H groups in total. The normalized spacial score (nSPS) is 22.7. The van der Waals surface area contributed by atoms with Gasteiger partial charge in [-0.05, 0) is 18.9 Å². The van der Waals surface area contributed by atoms with Crippen LogP contribution in [-0.4, -0.2) is 58.6 Å². The van der Waals surface area contributed by atoms with Crippen molar-refractivity contribution in [2.24, 2.45) is 11.8 Å². The van der Waals surface area contributed by atoms with Gasteiger partial charge in [0.2, 0.25) is 0 Å². The highest BCUT2D eigenvalue weighted by molar-refractivity contribution is 5.96. The molecule has 0 bridgehead atoms. The summed E-state index contributed by atoms with van der Waals surface area (Å²) in [4.78, 5) is 68.8. The van der Waals surface area contributed by atoms with E-state index in [2.05, 4.69) is 15.3 Å². The Hall–Kier alpha value is -4.02. The fourth-order valence-electron chi connectivity index (χ4n) is 3.49. The number of hydrogen-bond acceptors (Lipinski definition) is 9. The van der Waals surface area contributed by atoms with Gasteiger partial charge in [-0.15, -0.1) is 0 Å². The van der Waals surface area contributed by atoms with Gasteiger partial charge in [0.25, 0.3) is 11.5 Å². The zero-order chi connectivity index (χ0) is 25.5. The number of cyclic esters (lactones) is 2. The Morgan fingerprint density at radius 1 is 1.17 bits per heavy atom. The van der Waals surface area contributed by atoms with Crippen molar-refractivity contribution >= 4 is 23.8 Å². The molecule has 11 heteroatoms. The molecule has 35 heavy (non-hydrogen) atoms. The quantitative estimate of drug-likeness (QED) is 0.446. The van der Waals surface area contributed by atoms with Crippen molar-refractivity contribution in [3.8, 4) is 0 Å². The molecule has 2 unspecified atom stereocenters. The fourth-order valence-corrected chi connectivity index (χ4v) is 3.49. The standard InChI is InChI=1S/C24H27N3O8/c1-13(2)22(30)35-19-14(3)34-24(32)18(27-21(29)17-10-25-12-26-20(17)28)11-33-23(31)16(19)9-15-7-5-4-6-8-15/h4-8,10,12-14,16,18-19H,9,11H2,1-3H3,(H,27,29)(H,25,26,28)/t14-,16+,18?,19?/m0/s1. The molecule has 2 aromatic rings. The number of rotatable bonds is 6. The average molecular weight is 485 g/mol. The summed E-state index contributed by atoms with van der Waals surface area (Å²) in [7, 11) is 0. The number of nitrogens with zero attached hydrogens (tertiary/aromatic N) is 1. The van der Waals surface area contributed by atoms with Crippen LogP contribution in [0.25, 0.3) is 0 Å². The molecule has 0 spiro atoms. The van der Waals surface area contributed by atoms with Crippen LogP contribution in [0.2, 0.25) is 0 Å². The minimum atomic E-state index is -1.40. The molecule has 0 saturated carbocycles. The molecule has 0 radical (unpaired) electrons. The number of ether oxygens (including phenoxy) is 3. The molecule has 4 atom stereocenters. The second-order valence-corrected chi connectivity index (χ2v) is 8.44. The molecule has 186 valence electrons. The summed E-state index contributed by atoms with van der Waals surface area (Å²) in [6, 6.07) is 7.66. The van der Waals surface area contributed by atoms with Crippen LogP contribution in [0.4, 0.5) is 0 Å². The zero-order valence-electron chi connectivity index (χ0n) is 19.6. The molecule has 3 rings (SSSR count). The third kappa shape index (κ3) is 6.52. The van der Waals surface area contributed by atoms with Gasteiger partial charge in [-0.1, -0.05) is 44.2 Å². The van der Waals surface area contributed by atoms with E-state index >= 15 is 0 Å². The maximum Gasteiger partial charge on any atom is 0.332 e. The summed E-state index contributed by atoms with van der Waals surface area (Å²) in [6.45, 7) is 4.25. The van der Waals surface area contributed by atoms with Crippen LogP contribution in [0.1, 0.15) is 36.7 Å². The molecule has 1 aromatic heterocycles. The number of carbonyl (C=O) groups is 4. The van der Waals surface area contributed by atoms with E-state index in [0.717, 1.165) is 18.1 Å². The largest absolute Gasteiger partial charge is 0.463 e. The smallest absolute Gasteiger partial charge is 0.332 e. The Morgan fingerprint density at radius 2 is 1.89 bits per heavy atom. The number of amides is 1. The molecule has 2 heterocycles. The van der Waals surface area contributed by atoms with E-state index in [-0.39, 0.29) is 12.0 Å². The first-order chi connectivity index (χ1) is 16.7. The predicted octanol–water partition coefficient (Wildman–Crippen LogP) is 0.784. The number of esters is 3. The topological polar surface area (TPSA) is 154 Å². The predicted molar refractivity (Wildman–Crippen MR) is 121 cm³/mol. The summed E-state index contributed by atoms with van der Waals surface area (Å²) >= 11 is 0. The monoisotopic (exact) mass is 485 g/mol. The van der Waals surface area contributed by atoms with E-state index in [1.54, 1.807) is 26.0 Å². The first kappa shape index (κ1) is 25.6. The van der Waals surface area contributed by atoms with Gasteiger partial charge in [0.15, 0.2) is 12.1 Å². The highest BCUT2D eigenvalue weighted by Gasteiger charge is 2.42. The zero-order valence-corrected chi connectivity index (χ0v) is 19.6. The van der Waals surface area contributed by atoms with Crippen LogP contribution < -0.4 is 10.9 Å². The molecular weight excluding hydrogens is 458 g/mol. The van der Waals surface area contributed by atoms with Crippen LogP contribution in [-0.2, 0) is 35.0 Å². The molecular formula is C24H27N3O8. The fraction of sp³-hybridized carbons (Fsp3) is 0.417. The Kier molecular flexibility index (Phi) is 8.34. The van der Waals surface area contributed by atoms with E-state index in [1.165, 1.54) is 6.92 Å². The minimum absolute atomic E-state index is 0.166. The number of aromatic amines is 1. The van der Waals surface area contributed by atoms with Crippen molar-refractivity contribution in [2.75, 3.05) is 6.61 Å². The van der Waals surface area contributed by atoms with Gasteiger partial charge in [-0.25, -0.2) is 9.78 Å². The van der Waals surface area contributed by atoms with Gasteiger partial charge >= 0.3 is 17.9 Å². The van der Waals surface area contributed by atoms with E-state index in [9.17, 15) is 24.0 Å². The highest BCUT2D eigenvalue weighted by atomic mass is 16.6. The van der Waals surface area contributed by atoms with Gasteiger partial charge in [0, 0.05) is 6.20 Å². The molecule has 1 fully saturated rings. The number of benzene rings is 1. The van der Waals surface area contributed by atoms with Gasteiger partial charge in [-0.3, -0.25) is 19.2 Å². The Labute approximate surface area is 201 Å². The number of hydrogen-bond donors (Lipinski definition) is 2. The van der Waals surface area contributed by atoms with Crippen molar-refractivity contribution in [3.63, 3.8) is 0 Å². The number of aromatic nitrogens is 2. The lowest BCUT2D eigenvalue weighted by Gasteiger charge is -2.29.